The molecule has 3 N–H and O–H groups in total. The summed E-state index contributed by atoms with van der Waals surface area (Å²) in [5.41, 5.74) is 4.14. The maximum atomic E-state index is 12.4. The van der Waals surface area contributed by atoms with Crippen LogP contribution in [0.5, 0.6) is 11.5 Å². The van der Waals surface area contributed by atoms with E-state index in [1.807, 2.05) is 19.1 Å². The number of anilines is 1. The molecule has 10 heteroatoms. The van der Waals surface area contributed by atoms with Gasteiger partial charge in [-0.3, -0.25) is 19.7 Å². The second-order valence-electron chi connectivity index (χ2n) is 6.89. The molecule has 3 rings (SSSR count). The van der Waals surface area contributed by atoms with E-state index in [0.717, 1.165) is 23.9 Å². The van der Waals surface area contributed by atoms with Gasteiger partial charge >= 0.3 is 0 Å². The first-order valence-electron chi connectivity index (χ1n) is 9.66. The van der Waals surface area contributed by atoms with E-state index in [0.29, 0.717) is 11.3 Å². The average Bonchev–Trinajstić information content (AvgIpc) is 2.80. The van der Waals surface area contributed by atoms with Crippen LogP contribution in [0.1, 0.15) is 31.8 Å². The molecule has 0 heterocycles. The summed E-state index contributed by atoms with van der Waals surface area (Å²) in [5, 5.41) is 27.6. The number of amides is 2. The van der Waals surface area contributed by atoms with Crippen LogP contribution in [0.4, 0.5) is 11.4 Å². The van der Waals surface area contributed by atoms with Gasteiger partial charge in [-0.25, -0.2) is 5.43 Å². The standard InChI is InChI=1S/C23H20N4O6/c1-14-5-3-4-6-19(14)23(30)25-17-9-7-15(8-10-17)22(29)26-24-13-16-11-18(27(31)32)12-20(33-2)21(16)28/h3-13,28H,1-2H3,(H,25,30)(H,26,29)/b24-13-. The predicted molar refractivity (Wildman–Crippen MR) is 122 cm³/mol. The Balaban J connectivity index is 1.66. The maximum Gasteiger partial charge on any atom is 0.274 e. The zero-order valence-electron chi connectivity index (χ0n) is 17.7. The molecule has 0 unspecified atom stereocenters. The lowest BCUT2D eigenvalue weighted by molar-refractivity contribution is -0.385. The summed E-state index contributed by atoms with van der Waals surface area (Å²) in [6.07, 6.45) is 1.07. The second-order valence-corrected chi connectivity index (χ2v) is 6.89. The van der Waals surface area contributed by atoms with Gasteiger partial charge in [-0.15, -0.1) is 0 Å². The quantitative estimate of drug-likeness (QED) is 0.286. The van der Waals surface area contributed by atoms with Crippen LogP contribution in [0.2, 0.25) is 0 Å². The summed E-state index contributed by atoms with van der Waals surface area (Å²) in [6.45, 7) is 1.84. The highest BCUT2D eigenvalue weighted by atomic mass is 16.6. The van der Waals surface area contributed by atoms with E-state index in [2.05, 4.69) is 15.8 Å². The van der Waals surface area contributed by atoms with Gasteiger partial charge in [0.15, 0.2) is 11.5 Å². The molecule has 0 aromatic heterocycles. The normalized spacial score (nSPS) is 10.6. The minimum Gasteiger partial charge on any atom is -0.504 e. The zero-order valence-corrected chi connectivity index (χ0v) is 17.7. The third-order valence-electron chi connectivity index (χ3n) is 4.68. The molecule has 3 aromatic rings. The van der Waals surface area contributed by atoms with E-state index < -0.39 is 10.8 Å². The van der Waals surface area contributed by atoms with Gasteiger partial charge in [-0.05, 0) is 42.8 Å². The number of nitrogens with one attached hydrogen (secondary N) is 2. The molecule has 0 fully saturated rings. The Morgan fingerprint density at radius 1 is 1.09 bits per heavy atom. The predicted octanol–water partition coefficient (Wildman–Crippen LogP) is 3.63. The fourth-order valence-corrected chi connectivity index (χ4v) is 2.93. The molecule has 0 saturated carbocycles. The number of benzene rings is 3. The van der Waals surface area contributed by atoms with Crippen LogP contribution >= 0.6 is 0 Å². The molecule has 0 aliphatic heterocycles. The number of aromatic hydroxyl groups is 1. The molecule has 168 valence electrons. The number of aryl methyl sites for hydroxylation is 1. The van der Waals surface area contributed by atoms with Crippen molar-refractivity contribution in [1.29, 1.82) is 0 Å². The molecule has 10 nitrogen and oxygen atoms in total. The number of rotatable bonds is 7. The van der Waals surface area contributed by atoms with Crippen LogP contribution in [0, 0.1) is 17.0 Å². The molecular formula is C23H20N4O6. The second kappa shape index (κ2) is 10.1. The van der Waals surface area contributed by atoms with Crippen molar-refractivity contribution >= 4 is 29.4 Å². The third kappa shape index (κ3) is 5.50. The van der Waals surface area contributed by atoms with Gasteiger partial charge in [0, 0.05) is 28.4 Å². The van der Waals surface area contributed by atoms with Crippen molar-refractivity contribution in [2.75, 3.05) is 12.4 Å². The van der Waals surface area contributed by atoms with E-state index >= 15 is 0 Å². The van der Waals surface area contributed by atoms with Crippen molar-refractivity contribution in [3.05, 3.63) is 93.0 Å². The van der Waals surface area contributed by atoms with E-state index in [4.69, 9.17) is 4.74 Å². The SMILES string of the molecule is COc1cc([N+](=O)[O-])cc(/C=N\NC(=O)c2ccc(NC(=O)c3ccccc3C)cc2)c1O. The van der Waals surface area contributed by atoms with Crippen molar-refractivity contribution in [3.8, 4) is 11.5 Å². The summed E-state index contributed by atoms with van der Waals surface area (Å²) in [4.78, 5) is 35.1. The molecule has 33 heavy (non-hydrogen) atoms. The van der Waals surface area contributed by atoms with E-state index in [-0.39, 0.29) is 34.2 Å². The zero-order chi connectivity index (χ0) is 24.0. The highest BCUT2D eigenvalue weighted by Gasteiger charge is 2.16. The number of hydrazone groups is 1. The van der Waals surface area contributed by atoms with E-state index in [1.165, 1.54) is 19.2 Å². The molecule has 0 aliphatic rings. The number of phenols is 1. The number of hydrogen-bond acceptors (Lipinski definition) is 7. The van der Waals surface area contributed by atoms with Gasteiger partial charge < -0.3 is 15.2 Å². The fraction of sp³-hybridized carbons (Fsp3) is 0.0870. The minimum atomic E-state index is -0.642. The van der Waals surface area contributed by atoms with Gasteiger partial charge in [0.1, 0.15) is 0 Å². The maximum absolute atomic E-state index is 12.4. The Bertz CT molecular complexity index is 1240. The van der Waals surface area contributed by atoms with Gasteiger partial charge in [-0.1, -0.05) is 18.2 Å². The Labute approximate surface area is 188 Å². The molecule has 0 radical (unpaired) electrons. The summed E-state index contributed by atoms with van der Waals surface area (Å²) in [6, 6.07) is 15.5. The monoisotopic (exact) mass is 448 g/mol. The first-order valence-corrected chi connectivity index (χ1v) is 9.66. The van der Waals surface area contributed by atoms with Crippen LogP contribution < -0.4 is 15.5 Å². The largest absolute Gasteiger partial charge is 0.504 e. The number of nitro benzene ring substituents is 1. The number of carbonyl (C=O) groups is 2. The molecule has 0 spiro atoms. The minimum absolute atomic E-state index is 0.00406. The van der Waals surface area contributed by atoms with Crippen LogP contribution in [-0.2, 0) is 0 Å². The number of ether oxygens (including phenoxy) is 1. The summed E-state index contributed by atoms with van der Waals surface area (Å²) >= 11 is 0. The number of nitrogens with zero attached hydrogens (tertiary/aromatic N) is 2. The number of carbonyl (C=O) groups excluding carboxylic acids is 2. The first kappa shape index (κ1) is 22.9. The lowest BCUT2D eigenvalue weighted by atomic mass is 10.1. The topological polar surface area (TPSA) is 143 Å². The van der Waals surface area contributed by atoms with Crippen molar-refractivity contribution in [2.45, 2.75) is 6.92 Å². The van der Waals surface area contributed by atoms with Crippen LogP contribution in [0.15, 0.2) is 65.8 Å². The van der Waals surface area contributed by atoms with Crippen molar-refractivity contribution in [2.24, 2.45) is 5.10 Å². The fourth-order valence-electron chi connectivity index (χ4n) is 2.93. The number of methoxy groups -OCH3 is 1. The molecule has 0 saturated heterocycles. The highest BCUT2D eigenvalue weighted by molar-refractivity contribution is 6.05. The van der Waals surface area contributed by atoms with Crippen molar-refractivity contribution in [3.63, 3.8) is 0 Å². The average molecular weight is 448 g/mol. The van der Waals surface area contributed by atoms with Crippen LogP contribution in [0.25, 0.3) is 0 Å². The Hall–Kier alpha value is -4.73. The summed E-state index contributed by atoms with van der Waals surface area (Å²) in [5.74, 6) is -1.27. The molecule has 0 aliphatic carbocycles. The lowest BCUT2D eigenvalue weighted by Gasteiger charge is -2.08. The molecule has 3 aromatic carbocycles. The Kier molecular flexibility index (Phi) is 6.99. The van der Waals surface area contributed by atoms with Crippen LogP contribution in [0.3, 0.4) is 0 Å². The van der Waals surface area contributed by atoms with Gasteiger partial charge in [0.25, 0.3) is 17.5 Å². The number of phenolic OH excluding ortho intramolecular Hbond substituents is 1. The van der Waals surface area contributed by atoms with Crippen molar-refractivity contribution < 1.29 is 24.4 Å². The van der Waals surface area contributed by atoms with Crippen molar-refractivity contribution in [1.82, 2.24) is 5.43 Å². The highest BCUT2D eigenvalue weighted by Crippen LogP contribution is 2.33. The van der Waals surface area contributed by atoms with Gasteiger partial charge in [0.2, 0.25) is 0 Å². The molecular weight excluding hydrogens is 428 g/mol. The molecule has 2 amide bonds. The number of hydrogen-bond donors (Lipinski definition) is 3. The van der Waals surface area contributed by atoms with E-state index in [1.54, 1.807) is 24.3 Å². The summed E-state index contributed by atoms with van der Waals surface area (Å²) < 4.78 is 4.91. The number of nitro groups is 1. The first-order chi connectivity index (χ1) is 15.8. The third-order valence-corrected chi connectivity index (χ3v) is 4.68. The Morgan fingerprint density at radius 3 is 2.42 bits per heavy atom. The van der Waals surface area contributed by atoms with E-state index in [9.17, 15) is 24.8 Å². The summed E-state index contributed by atoms with van der Waals surface area (Å²) in [7, 11) is 1.26. The Morgan fingerprint density at radius 2 is 1.79 bits per heavy atom. The molecule has 0 bridgehead atoms. The lowest BCUT2D eigenvalue weighted by Crippen LogP contribution is -2.18. The smallest absolute Gasteiger partial charge is 0.274 e. The molecule has 0 atom stereocenters. The van der Waals surface area contributed by atoms with Gasteiger partial charge in [0.05, 0.1) is 24.3 Å². The van der Waals surface area contributed by atoms with Crippen LogP contribution in [-0.4, -0.2) is 35.2 Å². The van der Waals surface area contributed by atoms with Gasteiger partial charge in [-0.2, -0.15) is 5.10 Å². The number of non-ortho nitro benzene ring substituents is 1.